The van der Waals surface area contributed by atoms with Gasteiger partial charge in [-0.3, -0.25) is 19.2 Å². The molecule has 6 heteroatoms. The zero-order valence-electron chi connectivity index (χ0n) is 11.0. The van der Waals surface area contributed by atoms with Crippen LogP contribution < -0.4 is 21.7 Å². The Hall–Kier alpha value is -3.28. The number of hydrogen-bond acceptors (Lipinski definition) is 6. The van der Waals surface area contributed by atoms with Crippen molar-refractivity contribution >= 4 is 32.8 Å². The average Bonchev–Trinajstić information content (AvgIpc) is 2.53. The van der Waals surface area contributed by atoms with Gasteiger partial charge >= 0.3 is 0 Å². The highest BCUT2D eigenvalue weighted by Crippen LogP contribution is 2.13. The Morgan fingerprint density at radius 2 is 1.05 bits per heavy atom. The number of aromatic nitrogens is 2. The molecule has 0 aliphatic rings. The minimum absolute atomic E-state index is 0.0887. The van der Waals surface area contributed by atoms with Crippen molar-refractivity contribution in [2.24, 2.45) is 0 Å². The van der Waals surface area contributed by atoms with Gasteiger partial charge in [0.2, 0.25) is 21.7 Å². The number of benzene rings is 3. The average molecular weight is 290 g/mol. The molecule has 0 saturated carbocycles. The minimum atomic E-state index is -0.725. The first-order valence-corrected chi connectivity index (χ1v) is 6.44. The molecular formula is C16H6N2O4. The summed E-state index contributed by atoms with van der Waals surface area (Å²) in [5, 5.41) is 0.521. The van der Waals surface area contributed by atoms with E-state index in [2.05, 4.69) is 9.97 Å². The van der Waals surface area contributed by atoms with Crippen molar-refractivity contribution in [3.63, 3.8) is 0 Å². The van der Waals surface area contributed by atoms with E-state index in [1.807, 2.05) is 0 Å². The molecule has 4 aromatic rings. The summed E-state index contributed by atoms with van der Waals surface area (Å²) in [5.74, 6) is 0. The van der Waals surface area contributed by atoms with Gasteiger partial charge in [0.25, 0.3) is 0 Å². The molecule has 0 amide bonds. The number of hydrogen-bond donors (Lipinski definition) is 0. The molecule has 104 valence electrons. The maximum absolute atomic E-state index is 12.5. The molecule has 0 N–H and O–H groups in total. The van der Waals surface area contributed by atoms with Gasteiger partial charge in [-0.15, -0.1) is 0 Å². The van der Waals surface area contributed by atoms with Gasteiger partial charge in [-0.2, -0.15) is 0 Å². The van der Waals surface area contributed by atoms with Crippen LogP contribution in [-0.4, -0.2) is 9.97 Å². The number of fused-ring (bicyclic) bond motifs is 3. The molecule has 0 bridgehead atoms. The molecule has 1 aromatic heterocycles. The molecule has 0 unspecified atom stereocenters. The lowest BCUT2D eigenvalue weighted by atomic mass is 10.1. The molecule has 4 rings (SSSR count). The number of nitrogens with zero attached hydrogens (tertiary/aromatic N) is 2. The van der Waals surface area contributed by atoms with Gasteiger partial charge in [-0.1, -0.05) is 24.3 Å². The molecule has 0 radical (unpaired) electrons. The van der Waals surface area contributed by atoms with Crippen LogP contribution >= 0.6 is 0 Å². The van der Waals surface area contributed by atoms with Crippen molar-refractivity contribution in [1.29, 1.82) is 0 Å². The first kappa shape index (κ1) is 12.5. The third kappa shape index (κ3) is 1.54. The molecule has 0 aliphatic heterocycles. The molecule has 1 heterocycles. The Morgan fingerprint density at radius 1 is 0.636 bits per heavy atom. The second kappa shape index (κ2) is 4.11. The fraction of sp³-hybridized carbons (Fsp3) is 0. The van der Waals surface area contributed by atoms with Gasteiger partial charge in [-0.25, -0.2) is 9.97 Å². The summed E-state index contributed by atoms with van der Waals surface area (Å²) in [4.78, 5) is 55.9. The SMILES string of the molecule is O=c1cc2nc3c(=O)c4ccccc4c(=O)c3nc2cc1=O. The highest BCUT2D eigenvalue weighted by atomic mass is 16.2. The third-order valence-electron chi connectivity index (χ3n) is 3.58. The van der Waals surface area contributed by atoms with E-state index in [0.717, 1.165) is 12.1 Å². The Kier molecular flexibility index (Phi) is 2.33. The Labute approximate surface area is 121 Å². The van der Waals surface area contributed by atoms with Crippen molar-refractivity contribution in [2.45, 2.75) is 0 Å². The highest BCUT2D eigenvalue weighted by molar-refractivity contribution is 5.97. The van der Waals surface area contributed by atoms with Crippen molar-refractivity contribution in [1.82, 2.24) is 9.97 Å². The van der Waals surface area contributed by atoms with Crippen LogP contribution in [0.15, 0.2) is 55.6 Å². The summed E-state index contributed by atoms with van der Waals surface area (Å²) < 4.78 is 0. The van der Waals surface area contributed by atoms with E-state index in [1.165, 1.54) is 0 Å². The first-order chi connectivity index (χ1) is 10.6. The predicted molar refractivity (Wildman–Crippen MR) is 82.0 cm³/mol. The zero-order chi connectivity index (χ0) is 15.4. The van der Waals surface area contributed by atoms with E-state index in [0.29, 0.717) is 0 Å². The lowest BCUT2D eigenvalue weighted by molar-refractivity contribution is 1.35. The molecule has 0 fully saturated rings. The standard InChI is InChI=1S/C16H6N2O4/c19-11-5-9-10(6-12(11)20)18-14-13(17-9)15(21)7-3-1-2-4-8(7)16(14)22/h1-6H. The summed E-state index contributed by atoms with van der Waals surface area (Å²) in [6, 6.07) is 8.46. The first-order valence-electron chi connectivity index (χ1n) is 6.44. The molecule has 0 spiro atoms. The molecule has 0 atom stereocenters. The van der Waals surface area contributed by atoms with E-state index in [9.17, 15) is 19.2 Å². The smallest absolute Gasteiger partial charge is 0.228 e. The van der Waals surface area contributed by atoms with Gasteiger partial charge in [0.05, 0.1) is 11.0 Å². The van der Waals surface area contributed by atoms with Crippen LogP contribution in [0.2, 0.25) is 0 Å². The third-order valence-corrected chi connectivity index (χ3v) is 3.58. The van der Waals surface area contributed by atoms with E-state index < -0.39 is 21.7 Å². The zero-order valence-corrected chi connectivity index (χ0v) is 11.0. The molecule has 3 aromatic carbocycles. The molecule has 0 saturated heterocycles. The van der Waals surface area contributed by atoms with Crippen LogP contribution in [0.25, 0.3) is 32.8 Å². The summed E-state index contributed by atoms with van der Waals surface area (Å²) in [6.07, 6.45) is 0. The summed E-state index contributed by atoms with van der Waals surface area (Å²) in [7, 11) is 0. The lowest BCUT2D eigenvalue weighted by Gasteiger charge is -2.01. The Balaban J connectivity index is 2.37. The van der Waals surface area contributed by atoms with Gasteiger partial charge in [-0.05, 0) is 0 Å². The monoisotopic (exact) mass is 290 g/mol. The predicted octanol–water partition coefficient (Wildman–Crippen LogP) is 0.253. The van der Waals surface area contributed by atoms with Gasteiger partial charge < -0.3 is 0 Å². The van der Waals surface area contributed by atoms with Crippen LogP contribution in [0.1, 0.15) is 0 Å². The van der Waals surface area contributed by atoms with Crippen LogP contribution in [0.3, 0.4) is 0 Å². The fourth-order valence-corrected chi connectivity index (χ4v) is 2.52. The Bertz CT molecular complexity index is 1200. The largest absolute Gasteiger partial charge is 0.287 e. The van der Waals surface area contributed by atoms with Crippen molar-refractivity contribution < 1.29 is 0 Å². The van der Waals surface area contributed by atoms with E-state index >= 15 is 0 Å². The number of rotatable bonds is 0. The van der Waals surface area contributed by atoms with E-state index in [-0.39, 0.29) is 32.8 Å². The maximum atomic E-state index is 12.5. The van der Waals surface area contributed by atoms with Gasteiger partial charge in [0.1, 0.15) is 11.0 Å². The molecule has 6 nitrogen and oxygen atoms in total. The summed E-state index contributed by atoms with van der Waals surface area (Å²) in [5.41, 5.74) is -2.21. The topological polar surface area (TPSA) is 94.1 Å². The molecular weight excluding hydrogens is 284 g/mol. The van der Waals surface area contributed by atoms with Crippen LogP contribution in [-0.2, 0) is 0 Å². The van der Waals surface area contributed by atoms with Crippen molar-refractivity contribution in [3.8, 4) is 0 Å². The quantitative estimate of drug-likeness (QED) is 0.340. The minimum Gasteiger partial charge on any atom is -0.287 e. The summed E-state index contributed by atoms with van der Waals surface area (Å²) >= 11 is 0. The molecule has 0 aliphatic carbocycles. The van der Waals surface area contributed by atoms with Crippen LogP contribution in [0, 0.1) is 0 Å². The van der Waals surface area contributed by atoms with E-state index in [1.54, 1.807) is 24.3 Å². The Morgan fingerprint density at radius 3 is 1.45 bits per heavy atom. The fourth-order valence-electron chi connectivity index (χ4n) is 2.52. The van der Waals surface area contributed by atoms with Crippen molar-refractivity contribution in [2.75, 3.05) is 0 Å². The van der Waals surface area contributed by atoms with Gasteiger partial charge in [0, 0.05) is 22.9 Å². The molecule has 22 heavy (non-hydrogen) atoms. The van der Waals surface area contributed by atoms with Crippen LogP contribution in [0.5, 0.6) is 0 Å². The van der Waals surface area contributed by atoms with Crippen molar-refractivity contribution in [3.05, 3.63) is 77.3 Å². The highest BCUT2D eigenvalue weighted by Gasteiger charge is 2.14. The normalized spacial score (nSPS) is 11.5. The second-order valence-corrected chi connectivity index (χ2v) is 4.91. The van der Waals surface area contributed by atoms with E-state index in [4.69, 9.17) is 0 Å². The van der Waals surface area contributed by atoms with Gasteiger partial charge in [0.15, 0.2) is 0 Å². The summed E-state index contributed by atoms with van der Waals surface area (Å²) in [6.45, 7) is 0. The maximum Gasteiger partial charge on any atom is 0.228 e. The lowest BCUT2D eigenvalue weighted by Crippen LogP contribution is -2.22. The van der Waals surface area contributed by atoms with Crippen LogP contribution in [0.4, 0.5) is 0 Å². The second-order valence-electron chi connectivity index (χ2n) is 4.91.